The second kappa shape index (κ2) is 7.55. The van der Waals surface area contributed by atoms with E-state index in [-0.39, 0.29) is 6.10 Å². The Hall–Kier alpha value is -1.20. The first-order valence-corrected chi connectivity index (χ1v) is 7.57. The van der Waals surface area contributed by atoms with Gasteiger partial charge in [0.1, 0.15) is 6.10 Å². The van der Waals surface area contributed by atoms with Gasteiger partial charge in [0.05, 0.1) is 0 Å². The van der Waals surface area contributed by atoms with Crippen molar-refractivity contribution in [2.45, 2.75) is 45.8 Å². The van der Waals surface area contributed by atoms with Gasteiger partial charge in [-0.1, -0.05) is 6.92 Å². The Morgan fingerprint density at radius 2 is 2.15 bits per heavy atom. The first-order valence-electron chi connectivity index (χ1n) is 7.57. The van der Waals surface area contributed by atoms with Gasteiger partial charge in [-0.25, -0.2) is 9.97 Å². The minimum absolute atomic E-state index is 0.259. The van der Waals surface area contributed by atoms with Gasteiger partial charge in [-0.2, -0.15) is 0 Å². The Bertz CT molecular complexity index is 416. The van der Waals surface area contributed by atoms with Gasteiger partial charge in [-0.05, 0) is 39.8 Å². The number of nitrogens with one attached hydrogen (secondary N) is 1. The average Bonchev–Trinajstić information content (AvgIpc) is 2.44. The highest BCUT2D eigenvalue weighted by atomic mass is 16.5. The van der Waals surface area contributed by atoms with Gasteiger partial charge in [0, 0.05) is 37.1 Å². The number of nitrogens with zero attached hydrogens (tertiary/aromatic N) is 3. The summed E-state index contributed by atoms with van der Waals surface area (Å²) in [4.78, 5) is 11.2. The number of piperidine rings is 1. The van der Waals surface area contributed by atoms with Crippen LogP contribution in [0.4, 0.5) is 0 Å². The van der Waals surface area contributed by atoms with E-state index in [1.807, 2.05) is 13.1 Å². The van der Waals surface area contributed by atoms with Gasteiger partial charge in [-0.15, -0.1) is 0 Å². The second-order valence-corrected chi connectivity index (χ2v) is 5.56. The van der Waals surface area contributed by atoms with E-state index in [2.05, 4.69) is 34.2 Å². The largest absolute Gasteiger partial charge is 0.460 e. The summed E-state index contributed by atoms with van der Waals surface area (Å²) in [5, 5.41) is 3.37. The lowest BCUT2D eigenvalue weighted by Gasteiger charge is -2.28. The van der Waals surface area contributed by atoms with Crippen LogP contribution in [-0.2, 0) is 6.54 Å². The summed E-state index contributed by atoms with van der Waals surface area (Å²) in [5.41, 5.74) is 2.15. The minimum Gasteiger partial charge on any atom is -0.460 e. The fourth-order valence-corrected chi connectivity index (χ4v) is 2.35. The third kappa shape index (κ3) is 4.42. The predicted octanol–water partition coefficient (Wildman–Crippen LogP) is 1.76. The molecule has 0 atom stereocenters. The molecule has 112 valence electrons. The normalized spacial score (nSPS) is 17.4. The van der Waals surface area contributed by atoms with Crippen LogP contribution in [0.3, 0.4) is 0 Å². The monoisotopic (exact) mass is 278 g/mol. The highest BCUT2D eigenvalue weighted by molar-refractivity contribution is 5.17. The molecule has 1 aromatic heterocycles. The summed E-state index contributed by atoms with van der Waals surface area (Å²) < 4.78 is 5.90. The SMILES string of the molecule is CCCNCc1cnc(OC2CCN(C)CC2)nc1C. The zero-order valence-corrected chi connectivity index (χ0v) is 12.9. The van der Waals surface area contributed by atoms with Gasteiger partial charge in [0.25, 0.3) is 0 Å². The number of aromatic nitrogens is 2. The first-order chi connectivity index (χ1) is 9.69. The summed E-state index contributed by atoms with van der Waals surface area (Å²) >= 11 is 0. The van der Waals surface area contributed by atoms with Crippen molar-refractivity contribution in [3.8, 4) is 6.01 Å². The molecule has 20 heavy (non-hydrogen) atoms. The van der Waals surface area contributed by atoms with Crippen molar-refractivity contribution < 1.29 is 4.74 Å². The summed E-state index contributed by atoms with van der Waals surface area (Å²) in [5.74, 6) is 0. The molecule has 5 heteroatoms. The van der Waals surface area contributed by atoms with E-state index in [1.54, 1.807) is 0 Å². The van der Waals surface area contributed by atoms with Crippen molar-refractivity contribution in [3.05, 3.63) is 17.5 Å². The van der Waals surface area contributed by atoms with Crippen LogP contribution in [0.25, 0.3) is 0 Å². The van der Waals surface area contributed by atoms with Gasteiger partial charge < -0.3 is 15.0 Å². The molecule has 0 aromatic carbocycles. The Labute approximate surface area is 121 Å². The average molecular weight is 278 g/mol. The fourth-order valence-electron chi connectivity index (χ4n) is 2.35. The van der Waals surface area contributed by atoms with Crippen molar-refractivity contribution >= 4 is 0 Å². The van der Waals surface area contributed by atoms with E-state index < -0.39 is 0 Å². The lowest BCUT2D eigenvalue weighted by Crippen LogP contribution is -2.36. The van der Waals surface area contributed by atoms with Gasteiger partial charge >= 0.3 is 6.01 Å². The summed E-state index contributed by atoms with van der Waals surface area (Å²) in [7, 11) is 2.15. The van der Waals surface area contributed by atoms with Crippen molar-refractivity contribution in [1.82, 2.24) is 20.2 Å². The summed E-state index contributed by atoms with van der Waals surface area (Å²) in [6.45, 7) is 8.20. The van der Waals surface area contributed by atoms with E-state index >= 15 is 0 Å². The molecule has 1 fully saturated rings. The molecule has 1 N–H and O–H groups in total. The highest BCUT2D eigenvalue weighted by Gasteiger charge is 2.19. The Morgan fingerprint density at radius 1 is 1.40 bits per heavy atom. The van der Waals surface area contributed by atoms with Crippen molar-refractivity contribution in [2.24, 2.45) is 0 Å². The third-order valence-electron chi connectivity index (χ3n) is 3.74. The molecule has 0 unspecified atom stereocenters. The summed E-state index contributed by atoms with van der Waals surface area (Å²) in [6, 6.07) is 0.524. The van der Waals surface area contributed by atoms with Gasteiger partial charge in [0.15, 0.2) is 0 Å². The van der Waals surface area contributed by atoms with Crippen molar-refractivity contribution in [1.29, 1.82) is 0 Å². The molecule has 1 saturated heterocycles. The molecule has 1 aliphatic rings. The Balaban J connectivity index is 1.88. The number of hydrogen-bond acceptors (Lipinski definition) is 5. The van der Waals surface area contributed by atoms with E-state index in [4.69, 9.17) is 4.74 Å². The fraction of sp³-hybridized carbons (Fsp3) is 0.733. The quantitative estimate of drug-likeness (QED) is 0.804. The molecule has 5 nitrogen and oxygen atoms in total. The zero-order chi connectivity index (χ0) is 14.4. The Morgan fingerprint density at radius 3 is 2.80 bits per heavy atom. The molecule has 0 amide bonds. The van der Waals surface area contributed by atoms with Gasteiger partial charge in [-0.3, -0.25) is 0 Å². The maximum atomic E-state index is 5.90. The zero-order valence-electron chi connectivity index (χ0n) is 12.9. The maximum absolute atomic E-state index is 5.90. The molecule has 0 aliphatic carbocycles. The van der Waals surface area contributed by atoms with Crippen LogP contribution < -0.4 is 10.1 Å². The number of ether oxygens (including phenoxy) is 1. The van der Waals surface area contributed by atoms with E-state index in [0.717, 1.165) is 56.7 Å². The van der Waals surface area contributed by atoms with Crippen LogP contribution in [-0.4, -0.2) is 47.7 Å². The molecular formula is C15H26N4O. The molecule has 1 aliphatic heterocycles. The maximum Gasteiger partial charge on any atom is 0.316 e. The number of hydrogen-bond donors (Lipinski definition) is 1. The van der Waals surface area contributed by atoms with Crippen LogP contribution in [0.15, 0.2) is 6.20 Å². The molecule has 2 heterocycles. The molecule has 1 aromatic rings. The third-order valence-corrected chi connectivity index (χ3v) is 3.74. The molecule has 0 bridgehead atoms. The second-order valence-electron chi connectivity index (χ2n) is 5.56. The van der Waals surface area contributed by atoms with Crippen LogP contribution in [0.1, 0.15) is 37.4 Å². The lowest BCUT2D eigenvalue weighted by atomic mass is 10.1. The number of rotatable bonds is 6. The molecule has 0 radical (unpaired) electrons. The lowest BCUT2D eigenvalue weighted by molar-refractivity contribution is 0.105. The molecule has 0 spiro atoms. The topological polar surface area (TPSA) is 50.3 Å². The van der Waals surface area contributed by atoms with Crippen molar-refractivity contribution in [2.75, 3.05) is 26.7 Å². The minimum atomic E-state index is 0.259. The number of aryl methyl sites for hydroxylation is 1. The number of likely N-dealkylation sites (tertiary alicyclic amines) is 1. The Kier molecular flexibility index (Phi) is 5.73. The molecule has 2 rings (SSSR count). The van der Waals surface area contributed by atoms with Crippen molar-refractivity contribution in [3.63, 3.8) is 0 Å². The van der Waals surface area contributed by atoms with E-state index in [1.165, 1.54) is 0 Å². The molecule has 0 saturated carbocycles. The smallest absolute Gasteiger partial charge is 0.316 e. The summed E-state index contributed by atoms with van der Waals surface area (Å²) in [6.07, 6.45) is 5.39. The van der Waals surface area contributed by atoms with E-state index in [9.17, 15) is 0 Å². The highest BCUT2D eigenvalue weighted by Crippen LogP contribution is 2.16. The van der Waals surface area contributed by atoms with Crippen LogP contribution >= 0.6 is 0 Å². The van der Waals surface area contributed by atoms with Gasteiger partial charge in [0.2, 0.25) is 0 Å². The van der Waals surface area contributed by atoms with Crippen LogP contribution in [0.5, 0.6) is 6.01 Å². The predicted molar refractivity (Wildman–Crippen MR) is 79.9 cm³/mol. The van der Waals surface area contributed by atoms with Crippen LogP contribution in [0, 0.1) is 6.92 Å². The van der Waals surface area contributed by atoms with Crippen LogP contribution in [0.2, 0.25) is 0 Å². The van der Waals surface area contributed by atoms with E-state index in [0.29, 0.717) is 6.01 Å². The molecular weight excluding hydrogens is 252 g/mol. The first kappa shape index (κ1) is 15.2. The standard InChI is InChI=1S/C15H26N4O/c1-4-7-16-10-13-11-17-15(18-12(13)2)20-14-5-8-19(3)9-6-14/h11,14,16H,4-10H2,1-3H3.